The maximum atomic E-state index is 11.5. The molecule has 0 unspecified atom stereocenters. The molecule has 1 aromatic heterocycles. The molecule has 0 radical (unpaired) electrons. The number of H-pyrrole nitrogens is 1. The second-order valence-corrected chi connectivity index (χ2v) is 4.75. The summed E-state index contributed by atoms with van der Waals surface area (Å²) in [6, 6.07) is 8.74. The first kappa shape index (κ1) is 12.6. The number of aromatic nitrogens is 2. The molecule has 1 heterocycles. The molecule has 0 aliphatic carbocycles. The Labute approximate surface area is 110 Å². The molecule has 0 fully saturated rings. The van der Waals surface area contributed by atoms with E-state index in [1.54, 1.807) is 12.1 Å². The van der Waals surface area contributed by atoms with E-state index in [-0.39, 0.29) is 11.5 Å². The van der Waals surface area contributed by atoms with E-state index >= 15 is 0 Å². The molecule has 0 saturated heterocycles. The molecular weight excluding hydrogens is 250 g/mol. The number of hydrogen-bond acceptors (Lipinski definition) is 3. The highest BCUT2D eigenvalue weighted by molar-refractivity contribution is 6.30. The maximum absolute atomic E-state index is 11.5. The summed E-state index contributed by atoms with van der Waals surface area (Å²) < 4.78 is 0. The Morgan fingerprint density at radius 2 is 2.11 bits per heavy atom. The van der Waals surface area contributed by atoms with Crippen molar-refractivity contribution in [2.75, 3.05) is 5.32 Å². The molecular formula is C13H14ClN3O. The predicted molar refractivity (Wildman–Crippen MR) is 73.7 cm³/mol. The van der Waals surface area contributed by atoms with Gasteiger partial charge in [0, 0.05) is 16.8 Å². The molecule has 0 aliphatic rings. The van der Waals surface area contributed by atoms with Crippen LogP contribution in [0.2, 0.25) is 5.02 Å². The molecule has 1 aromatic carbocycles. The number of nitrogens with one attached hydrogen (secondary N) is 2. The number of nitrogens with zero attached hydrogens (tertiary/aromatic N) is 1. The van der Waals surface area contributed by atoms with Gasteiger partial charge in [0.15, 0.2) is 0 Å². The number of benzene rings is 1. The number of halogens is 1. The topological polar surface area (TPSA) is 57.8 Å². The zero-order valence-electron chi connectivity index (χ0n) is 10.2. The van der Waals surface area contributed by atoms with Crippen molar-refractivity contribution in [3.05, 3.63) is 51.4 Å². The molecule has 0 bridgehead atoms. The Hall–Kier alpha value is -1.81. The van der Waals surface area contributed by atoms with Crippen molar-refractivity contribution in [1.82, 2.24) is 9.97 Å². The van der Waals surface area contributed by atoms with Crippen LogP contribution in [0.4, 0.5) is 11.6 Å². The van der Waals surface area contributed by atoms with Crippen molar-refractivity contribution >= 4 is 23.2 Å². The first-order valence-corrected chi connectivity index (χ1v) is 6.06. The Kier molecular flexibility index (Phi) is 3.67. The largest absolute Gasteiger partial charge is 0.326 e. The van der Waals surface area contributed by atoms with Gasteiger partial charge >= 0.3 is 0 Å². The van der Waals surface area contributed by atoms with Gasteiger partial charge in [0.1, 0.15) is 0 Å². The summed E-state index contributed by atoms with van der Waals surface area (Å²) in [6.45, 7) is 3.98. The predicted octanol–water partition coefficient (Wildman–Crippen LogP) is 3.29. The third-order valence-electron chi connectivity index (χ3n) is 2.44. The van der Waals surface area contributed by atoms with E-state index in [1.807, 2.05) is 26.0 Å². The minimum atomic E-state index is -0.168. The molecule has 94 valence electrons. The molecule has 0 amide bonds. The fourth-order valence-electron chi connectivity index (χ4n) is 1.53. The van der Waals surface area contributed by atoms with Crippen molar-refractivity contribution in [1.29, 1.82) is 0 Å². The zero-order valence-corrected chi connectivity index (χ0v) is 11.0. The standard InChI is InChI=1S/C13H14ClN3O/c1-8(2)11-7-12(18)17-13(16-11)15-10-5-3-4-9(14)6-10/h3-8H,1-2H3,(H2,15,16,17,18). The molecule has 2 aromatic rings. The van der Waals surface area contributed by atoms with Gasteiger partial charge in [-0.3, -0.25) is 9.78 Å². The summed E-state index contributed by atoms with van der Waals surface area (Å²) >= 11 is 5.89. The minimum absolute atomic E-state index is 0.168. The van der Waals surface area contributed by atoms with E-state index in [0.29, 0.717) is 11.0 Å². The van der Waals surface area contributed by atoms with E-state index in [1.165, 1.54) is 6.07 Å². The fourth-order valence-corrected chi connectivity index (χ4v) is 1.72. The molecule has 0 saturated carbocycles. The van der Waals surface area contributed by atoms with Gasteiger partial charge in [-0.05, 0) is 24.1 Å². The summed E-state index contributed by atoms with van der Waals surface area (Å²) in [5, 5.41) is 3.66. The van der Waals surface area contributed by atoms with E-state index in [4.69, 9.17) is 11.6 Å². The van der Waals surface area contributed by atoms with E-state index in [2.05, 4.69) is 15.3 Å². The van der Waals surface area contributed by atoms with Crippen LogP contribution in [0.15, 0.2) is 35.1 Å². The van der Waals surface area contributed by atoms with Gasteiger partial charge in [-0.2, -0.15) is 0 Å². The summed E-state index contributed by atoms with van der Waals surface area (Å²) in [5.41, 5.74) is 1.37. The average molecular weight is 264 g/mol. The lowest BCUT2D eigenvalue weighted by molar-refractivity contribution is 0.812. The van der Waals surface area contributed by atoms with Gasteiger partial charge in [0.2, 0.25) is 5.95 Å². The second-order valence-electron chi connectivity index (χ2n) is 4.31. The van der Waals surface area contributed by atoms with E-state index in [9.17, 15) is 4.79 Å². The van der Waals surface area contributed by atoms with Crippen molar-refractivity contribution in [3.8, 4) is 0 Å². The molecule has 4 nitrogen and oxygen atoms in total. The summed E-state index contributed by atoms with van der Waals surface area (Å²) in [6.07, 6.45) is 0. The molecule has 2 rings (SSSR count). The Morgan fingerprint density at radius 3 is 2.78 bits per heavy atom. The Balaban J connectivity index is 2.32. The Bertz CT molecular complexity index is 607. The van der Waals surface area contributed by atoms with Gasteiger partial charge in [-0.25, -0.2) is 4.98 Å². The van der Waals surface area contributed by atoms with E-state index < -0.39 is 0 Å². The van der Waals surface area contributed by atoms with Gasteiger partial charge in [-0.15, -0.1) is 0 Å². The van der Waals surface area contributed by atoms with Crippen molar-refractivity contribution in [2.24, 2.45) is 0 Å². The molecule has 0 aliphatic heterocycles. The van der Waals surface area contributed by atoms with Crippen molar-refractivity contribution in [2.45, 2.75) is 19.8 Å². The SMILES string of the molecule is CC(C)c1cc(=O)[nH]c(Nc2cccc(Cl)c2)n1. The first-order valence-electron chi connectivity index (χ1n) is 5.68. The van der Waals surface area contributed by atoms with Crippen LogP contribution >= 0.6 is 11.6 Å². The number of anilines is 2. The van der Waals surface area contributed by atoms with Gasteiger partial charge in [0.05, 0.1) is 5.69 Å². The molecule has 0 spiro atoms. The smallest absolute Gasteiger partial charge is 0.252 e. The fraction of sp³-hybridized carbons (Fsp3) is 0.231. The third kappa shape index (κ3) is 3.11. The summed E-state index contributed by atoms with van der Waals surface area (Å²) in [5.74, 6) is 0.626. The lowest BCUT2D eigenvalue weighted by Gasteiger charge is -2.08. The number of hydrogen-bond donors (Lipinski definition) is 2. The van der Waals surface area contributed by atoms with Gasteiger partial charge < -0.3 is 5.32 Å². The first-order chi connectivity index (χ1) is 8.54. The number of aromatic amines is 1. The van der Waals surface area contributed by atoms with Crippen molar-refractivity contribution < 1.29 is 0 Å². The van der Waals surface area contributed by atoms with Gasteiger partial charge in [-0.1, -0.05) is 31.5 Å². The molecule has 2 N–H and O–H groups in total. The second kappa shape index (κ2) is 5.23. The molecule has 0 atom stereocenters. The van der Waals surface area contributed by atoms with Crippen LogP contribution in [0.25, 0.3) is 0 Å². The molecule has 18 heavy (non-hydrogen) atoms. The Morgan fingerprint density at radius 1 is 1.33 bits per heavy atom. The third-order valence-corrected chi connectivity index (χ3v) is 2.68. The zero-order chi connectivity index (χ0) is 13.1. The summed E-state index contributed by atoms with van der Waals surface area (Å²) in [4.78, 5) is 18.5. The quantitative estimate of drug-likeness (QED) is 0.893. The van der Waals surface area contributed by atoms with Crippen LogP contribution in [0.5, 0.6) is 0 Å². The van der Waals surface area contributed by atoms with Crippen LogP contribution in [-0.4, -0.2) is 9.97 Å². The van der Waals surface area contributed by atoms with Crippen LogP contribution < -0.4 is 10.9 Å². The van der Waals surface area contributed by atoms with E-state index in [0.717, 1.165) is 11.4 Å². The van der Waals surface area contributed by atoms with Gasteiger partial charge in [0.25, 0.3) is 5.56 Å². The highest BCUT2D eigenvalue weighted by Gasteiger charge is 2.05. The monoisotopic (exact) mass is 263 g/mol. The highest BCUT2D eigenvalue weighted by Crippen LogP contribution is 2.18. The van der Waals surface area contributed by atoms with Crippen LogP contribution in [-0.2, 0) is 0 Å². The van der Waals surface area contributed by atoms with Crippen LogP contribution in [0, 0.1) is 0 Å². The lowest BCUT2D eigenvalue weighted by atomic mass is 10.1. The van der Waals surface area contributed by atoms with Crippen LogP contribution in [0.1, 0.15) is 25.5 Å². The minimum Gasteiger partial charge on any atom is -0.326 e. The van der Waals surface area contributed by atoms with Crippen molar-refractivity contribution in [3.63, 3.8) is 0 Å². The average Bonchev–Trinajstić information content (AvgIpc) is 2.28. The lowest BCUT2D eigenvalue weighted by Crippen LogP contribution is -2.12. The number of rotatable bonds is 3. The highest BCUT2D eigenvalue weighted by atomic mass is 35.5. The maximum Gasteiger partial charge on any atom is 0.252 e. The molecule has 5 heteroatoms. The normalized spacial score (nSPS) is 10.7. The summed E-state index contributed by atoms with van der Waals surface area (Å²) in [7, 11) is 0. The van der Waals surface area contributed by atoms with Crippen LogP contribution in [0.3, 0.4) is 0 Å².